The van der Waals surface area contributed by atoms with Gasteiger partial charge in [0, 0.05) is 12.1 Å². The first-order valence-corrected chi connectivity index (χ1v) is 10.3. The second-order valence-electron chi connectivity index (χ2n) is 7.45. The molecule has 0 spiro atoms. The van der Waals surface area contributed by atoms with Gasteiger partial charge >= 0.3 is 5.97 Å². The summed E-state index contributed by atoms with van der Waals surface area (Å²) >= 11 is 0. The van der Waals surface area contributed by atoms with E-state index >= 15 is 0 Å². The number of hydrogen-bond donors (Lipinski definition) is 2. The second kappa shape index (κ2) is 10.4. The molecule has 0 fully saturated rings. The van der Waals surface area contributed by atoms with Crippen molar-refractivity contribution in [3.05, 3.63) is 100.0 Å². The highest BCUT2D eigenvalue weighted by atomic mass is 16.4. The maximum atomic E-state index is 13.0. The number of aliphatic carboxylic acids is 1. The molecule has 1 unspecified atom stereocenters. The number of carbonyl (C=O) groups is 2. The molecular formula is C25H26N2O4. The van der Waals surface area contributed by atoms with E-state index in [0.29, 0.717) is 25.0 Å². The Hall–Kier alpha value is -3.67. The van der Waals surface area contributed by atoms with Crippen LogP contribution in [-0.2, 0) is 28.9 Å². The minimum absolute atomic E-state index is 0.0922. The molecule has 2 aromatic carbocycles. The van der Waals surface area contributed by atoms with Crippen molar-refractivity contribution in [2.45, 2.75) is 38.6 Å². The van der Waals surface area contributed by atoms with Gasteiger partial charge in [-0.05, 0) is 49.4 Å². The van der Waals surface area contributed by atoms with Crippen LogP contribution in [0.3, 0.4) is 0 Å². The molecule has 0 bridgehead atoms. The monoisotopic (exact) mass is 418 g/mol. The van der Waals surface area contributed by atoms with Crippen LogP contribution in [0.4, 0.5) is 5.69 Å². The predicted molar refractivity (Wildman–Crippen MR) is 120 cm³/mol. The molecule has 3 aromatic rings. The number of benzene rings is 2. The Morgan fingerprint density at radius 1 is 0.871 bits per heavy atom. The minimum atomic E-state index is -1.10. The van der Waals surface area contributed by atoms with E-state index in [1.165, 1.54) is 11.5 Å². The number of nitrogens with zero attached hydrogens (tertiary/aromatic N) is 1. The van der Waals surface area contributed by atoms with Crippen molar-refractivity contribution >= 4 is 17.6 Å². The lowest BCUT2D eigenvalue weighted by Gasteiger charge is -2.18. The number of amides is 1. The van der Waals surface area contributed by atoms with Gasteiger partial charge < -0.3 is 10.4 Å². The van der Waals surface area contributed by atoms with E-state index in [1.807, 2.05) is 60.7 Å². The topological polar surface area (TPSA) is 88.4 Å². The summed E-state index contributed by atoms with van der Waals surface area (Å²) < 4.78 is 1.26. The first-order valence-electron chi connectivity index (χ1n) is 10.3. The van der Waals surface area contributed by atoms with Crippen LogP contribution < -0.4 is 10.9 Å². The van der Waals surface area contributed by atoms with Crippen molar-refractivity contribution in [2.75, 3.05) is 5.32 Å². The van der Waals surface area contributed by atoms with Crippen LogP contribution in [0, 0.1) is 0 Å². The van der Waals surface area contributed by atoms with Gasteiger partial charge in [0.1, 0.15) is 11.7 Å². The van der Waals surface area contributed by atoms with Crippen LogP contribution in [0.25, 0.3) is 0 Å². The summed E-state index contributed by atoms with van der Waals surface area (Å²) in [7, 11) is 0. The molecular weight excluding hydrogens is 392 g/mol. The summed E-state index contributed by atoms with van der Waals surface area (Å²) in [6.07, 6.45) is 1.98. The Morgan fingerprint density at radius 3 is 2.03 bits per heavy atom. The second-order valence-corrected chi connectivity index (χ2v) is 7.45. The van der Waals surface area contributed by atoms with Crippen molar-refractivity contribution in [1.82, 2.24) is 4.57 Å². The zero-order valence-corrected chi connectivity index (χ0v) is 17.5. The molecule has 2 N–H and O–H groups in total. The minimum Gasteiger partial charge on any atom is -0.480 e. The molecule has 0 radical (unpaired) electrons. The Balaban J connectivity index is 1.78. The van der Waals surface area contributed by atoms with Crippen LogP contribution >= 0.6 is 0 Å². The van der Waals surface area contributed by atoms with Crippen LogP contribution in [0.2, 0.25) is 0 Å². The molecule has 1 amide bonds. The molecule has 1 atom stereocenters. The lowest BCUT2D eigenvalue weighted by molar-refractivity contribution is -0.140. The third kappa shape index (κ3) is 5.92. The van der Waals surface area contributed by atoms with E-state index in [0.717, 1.165) is 11.1 Å². The van der Waals surface area contributed by atoms with E-state index < -0.39 is 17.6 Å². The van der Waals surface area contributed by atoms with Gasteiger partial charge in [-0.1, -0.05) is 60.7 Å². The van der Waals surface area contributed by atoms with Gasteiger partial charge in [0.25, 0.3) is 5.56 Å². The molecule has 3 rings (SSSR count). The van der Waals surface area contributed by atoms with Crippen molar-refractivity contribution < 1.29 is 14.7 Å². The SMILES string of the molecule is CC(C(=O)O)n1c(CCc2ccccc2)ccc(NC(=O)CCc2ccccc2)c1=O. The van der Waals surface area contributed by atoms with E-state index in [9.17, 15) is 19.5 Å². The Bertz CT molecular complexity index is 1090. The number of aryl methyl sites for hydroxylation is 3. The fourth-order valence-electron chi connectivity index (χ4n) is 3.46. The summed E-state index contributed by atoms with van der Waals surface area (Å²) in [5.41, 5.74) is 2.34. The molecule has 1 aromatic heterocycles. The molecule has 1 heterocycles. The fraction of sp³-hybridized carbons (Fsp3) is 0.240. The first-order chi connectivity index (χ1) is 15.0. The number of rotatable bonds is 9. The molecule has 31 heavy (non-hydrogen) atoms. The Labute approximate surface area is 181 Å². The Kier molecular flexibility index (Phi) is 7.38. The van der Waals surface area contributed by atoms with Gasteiger partial charge in [-0.2, -0.15) is 0 Å². The van der Waals surface area contributed by atoms with Crippen molar-refractivity contribution in [1.29, 1.82) is 0 Å². The summed E-state index contributed by atoms with van der Waals surface area (Å²) in [5.74, 6) is -1.39. The van der Waals surface area contributed by atoms with Crippen molar-refractivity contribution in [3.8, 4) is 0 Å². The number of carbonyl (C=O) groups excluding carboxylic acids is 1. The maximum Gasteiger partial charge on any atom is 0.326 e. The number of nitrogens with one attached hydrogen (secondary N) is 1. The summed E-state index contributed by atoms with van der Waals surface area (Å²) in [4.78, 5) is 37.0. The quantitative estimate of drug-likeness (QED) is 0.552. The largest absolute Gasteiger partial charge is 0.480 e. The van der Waals surface area contributed by atoms with Crippen molar-refractivity contribution in [3.63, 3.8) is 0 Å². The van der Waals surface area contributed by atoms with Gasteiger partial charge in [-0.3, -0.25) is 14.2 Å². The third-order valence-corrected chi connectivity index (χ3v) is 5.22. The molecule has 160 valence electrons. The number of carboxylic acids is 1. The summed E-state index contributed by atoms with van der Waals surface area (Å²) in [5, 5.41) is 12.2. The van der Waals surface area contributed by atoms with Gasteiger partial charge in [-0.15, -0.1) is 0 Å². The Morgan fingerprint density at radius 2 is 1.45 bits per heavy atom. The lowest BCUT2D eigenvalue weighted by Crippen LogP contribution is -2.33. The number of pyridine rings is 1. The number of hydrogen-bond acceptors (Lipinski definition) is 3. The normalized spacial score (nSPS) is 11.6. The van der Waals surface area contributed by atoms with Crippen molar-refractivity contribution in [2.24, 2.45) is 0 Å². The van der Waals surface area contributed by atoms with Gasteiger partial charge in [0.15, 0.2) is 0 Å². The van der Waals surface area contributed by atoms with Crippen LogP contribution in [0.5, 0.6) is 0 Å². The average molecular weight is 418 g/mol. The predicted octanol–water partition coefficient (Wildman–Crippen LogP) is 3.85. The zero-order valence-electron chi connectivity index (χ0n) is 17.5. The standard InChI is InChI=1S/C25H26N2O4/c1-18(25(30)31)27-21(14-12-19-8-4-2-5-9-19)15-16-22(24(27)29)26-23(28)17-13-20-10-6-3-7-11-20/h2-11,15-16,18H,12-14,17H2,1H3,(H,26,28)(H,30,31). The van der Waals surface area contributed by atoms with Gasteiger partial charge in [0.2, 0.25) is 5.91 Å². The number of carboxylic acid groups (broad SMARTS) is 1. The van der Waals surface area contributed by atoms with Crippen LogP contribution in [0.15, 0.2) is 77.6 Å². The molecule has 0 aliphatic carbocycles. The molecule has 6 nitrogen and oxygen atoms in total. The van der Waals surface area contributed by atoms with Gasteiger partial charge in [0.05, 0.1) is 0 Å². The molecule has 0 saturated heterocycles. The first kappa shape index (κ1) is 22.0. The van der Waals surface area contributed by atoms with E-state index in [1.54, 1.807) is 12.1 Å². The summed E-state index contributed by atoms with van der Waals surface area (Å²) in [6, 6.07) is 21.6. The van der Waals surface area contributed by atoms with E-state index in [-0.39, 0.29) is 18.0 Å². The lowest BCUT2D eigenvalue weighted by atomic mass is 10.1. The highest BCUT2D eigenvalue weighted by Crippen LogP contribution is 2.15. The maximum absolute atomic E-state index is 13.0. The number of anilines is 1. The summed E-state index contributed by atoms with van der Waals surface area (Å²) in [6.45, 7) is 1.47. The van der Waals surface area contributed by atoms with E-state index in [4.69, 9.17) is 0 Å². The van der Waals surface area contributed by atoms with Gasteiger partial charge in [-0.25, -0.2) is 4.79 Å². The molecule has 6 heteroatoms. The highest BCUT2D eigenvalue weighted by Gasteiger charge is 2.20. The fourth-order valence-corrected chi connectivity index (χ4v) is 3.46. The molecule has 0 aliphatic heterocycles. The van der Waals surface area contributed by atoms with E-state index in [2.05, 4.69) is 5.32 Å². The zero-order chi connectivity index (χ0) is 22.2. The number of aromatic nitrogens is 1. The third-order valence-electron chi connectivity index (χ3n) is 5.22. The van der Waals surface area contributed by atoms with Crippen LogP contribution in [-0.4, -0.2) is 21.6 Å². The smallest absolute Gasteiger partial charge is 0.326 e. The van der Waals surface area contributed by atoms with Crippen LogP contribution in [0.1, 0.15) is 36.2 Å². The molecule has 0 aliphatic rings. The highest BCUT2D eigenvalue weighted by molar-refractivity contribution is 5.90. The molecule has 0 saturated carbocycles. The average Bonchev–Trinajstić information content (AvgIpc) is 2.79.